The minimum Gasteiger partial charge on any atom is -0.487 e. The molecule has 0 radical (unpaired) electrons. The van der Waals surface area contributed by atoms with E-state index < -0.39 is 16.8 Å². The number of ether oxygens (including phenoxy) is 2. The molecule has 1 atom stereocenters. The Morgan fingerprint density at radius 3 is 2.39 bits per heavy atom. The van der Waals surface area contributed by atoms with E-state index in [4.69, 9.17) is 9.47 Å². The first-order chi connectivity index (χ1) is 18.2. The average molecular weight is 640 g/mol. The largest absolute Gasteiger partial charge is 0.487 e. The van der Waals surface area contributed by atoms with Crippen LogP contribution in [0, 0.1) is 10.1 Å². The van der Waals surface area contributed by atoms with Gasteiger partial charge in [-0.25, -0.2) is 4.79 Å². The van der Waals surface area contributed by atoms with Crippen molar-refractivity contribution in [3.63, 3.8) is 0 Å². The van der Waals surface area contributed by atoms with Crippen LogP contribution in [0.5, 0.6) is 5.75 Å². The van der Waals surface area contributed by atoms with Crippen LogP contribution in [0.1, 0.15) is 39.9 Å². The summed E-state index contributed by atoms with van der Waals surface area (Å²) in [6.45, 7) is 1.89. The molecule has 3 aromatic rings. The number of benzene rings is 3. The summed E-state index contributed by atoms with van der Waals surface area (Å²) >= 11 is 7.14. The van der Waals surface area contributed by atoms with Gasteiger partial charge in [0.15, 0.2) is 5.78 Å². The summed E-state index contributed by atoms with van der Waals surface area (Å²) < 4.78 is 12.3. The molecule has 0 amide bonds. The number of halogens is 2. The number of nitro groups is 1. The van der Waals surface area contributed by atoms with E-state index in [-0.39, 0.29) is 18.1 Å². The van der Waals surface area contributed by atoms with Gasteiger partial charge in [-0.2, -0.15) is 0 Å². The highest BCUT2D eigenvalue weighted by atomic mass is 79.9. The Hall–Kier alpha value is -3.76. The van der Waals surface area contributed by atoms with Crippen LogP contribution in [0.2, 0.25) is 0 Å². The molecule has 0 spiro atoms. The first-order valence-electron chi connectivity index (χ1n) is 11.5. The van der Waals surface area contributed by atoms with Gasteiger partial charge in [-0.05, 0) is 62.0 Å². The van der Waals surface area contributed by atoms with Crippen LogP contribution in [-0.2, 0) is 16.1 Å². The molecule has 0 aromatic heterocycles. The molecule has 0 unspecified atom stereocenters. The van der Waals surface area contributed by atoms with Crippen molar-refractivity contribution in [1.82, 2.24) is 5.32 Å². The predicted molar refractivity (Wildman–Crippen MR) is 148 cm³/mol. The Morgan fingerprint density at radius 2 is 1.74 bits per heavy atom. The van der Waals surface area contributed by atoms with E-state index in [1.807, 2.05) is 18.2 Å². The Labute approximate surface area is 234 Å². The number of non-ortho nitro benzene ring substituents is 1. The molecule has 0 fully saturated rings. The van der Waals surface area contributed by atoms with Gasteiger partial charge in [-0.15, -0.1) is 0 Å². The maximum Gasteiger partial charge on any atom is 0.336 e. The molecule has 5 rings (SSSR count). The molecule has 3 aromatic carbocycles. The van der Waals surface area contributed by atoms with Gasteiger partial charge < -0.3 is 14.8 Å². The predicted octanol–water partition coefficient (Wildman–Crippen LogP) is 6.44. The number of rotatable bonds is 6. The lowest BCUT2D eigenvalue weighted by Crippen LogP contribution is -2.29. The van der Waals surface area contributed by atoms with Gasteiger partial charge in [0, 0.05) is 40.4 Å². The van der Waals surface area contributed by atoms with Gasteiger partial charge >= 0.3 is 5.97 Å². The minimum atomic E-state index is -0.683. The Morgan fingerprint density at radius 1 is 1.05 bits per heavy atom. The summed E-state index contributed by atoms with van der Waals surface area (Å²) in [7, 11) is 1.31. The normalized spacial score (nSPS) is 16.1. The van der Waals surface area contributed by atoms with Crippen molar-refractivity contribution in [1.29, 1.82) is 0 Å². The van der Waals surface area contributed by atoms with Crippen LogP contribution in [0.25, 0.3) is 5.70 Å². The second kappa shape index (κ2) is 10.2. The van der Waals surface area contributed by atoms with E-state index in [1.54, 1.807) is 37.3 Å². The SMILES string of the molecule is COC(=O)C1=C(C)NC2=C(C(=O)c3ccccc32)[C@@H]1c1cc(Br)c(OCc2cccc([N+](=O)[O-])c2)c(Br)c1. The molecule has 1 N–H and O–H groups in total. The number of nitrogens with one attached hydrogen (secondary N) is 1. The topological polar surface area (TPSA) is 108 Å². The highest BCUT2D eigenvalue weighted by Crippen LogP contribution is 2.48. The molecule has 8 nitrogen and oxygen atoms in total. The number of hydrogen-bond donors (Lipinski definition) is 1. The fourth-order valence-electron chi connectivity index (χ4n) is 4.84. The fraction of sp³-hybridized carbons (Fsp3) is 0.143. The molecule has 0 saturated carbocycles. The summed E-state index contributed by atoms with van der Waals surface area (Å²) in [5, 5.41) is 14.4. The van der Waals surface area contributed by atoms with Crippen LogP contribution < -0.4 is 10.1 Å². The molecule has 2 aliphatic rings. The number of allylic oxidation sites excluding steroid dienone is 2. The summed E-state index contributed by atoms with van der Waals surface area (Å²) in [4.78, 5) is 37.2. The van der Waals surface area contributed by atoms with Gasteiger partial charge in [-0.1, -0.05) is 36.4 Å². The second-order valence-electron chi connectivity index (χ2n) is 8.78. The monoisotopic (exact) mass is 638 g/mol. The number of esters is 1. The number of hydrogen-bond acceptors (Lipinski definition) is 7. The van der Waals surface area contributed by atoms with E-state index >= 15 is 0 Å². The number of Topliss-reactive ketones (excluding diaryl/α,β-unsaturated/α-hetero) is 1. The van der Waals surface area contributed by atoms with Crippen LogP contribution in [0.4, 0.5) is 5.69 Å². The lowest BCUT2D eigenvalue weighted by atomic mass is 9.80. The van der Waals surface area contributed by atoms with Crippen molar-refractivity contribution in [2.75, 3.05) is 7.11 Å². The molecular weight excluding hydrogens is 620 g/mol. The lowest BCUT2D eigenvalue weighted by Gasteiger charge is -2.29. The summed E-state index contributed by atoms with van der Waals surface area (Å²) in [6, 6.07) is 17.2. The third-order valence-corrected chi connectivity index (χ3v) is 7.69. The summed E-state index contributed by atoms with van der Waals surface area (Å²) in [5.74, 6) is -0.893. The van der Waals surface area contributed by atoms with E-state index in [0.29, 0.717) is 53.9 Å². The molecular formula is C28H20Br2N2O6. The van der Waals surface area contributed by atoms with Gasteiger partial charge in [0.2, 0.25) is 0 Å². The number of methoxy groups -OCH3 is 1. The third kappa shape index (κ3) is 4.43. The highest BCUT2D eigenvalue weighted by molar-refractivity contribution is 9.11. The Bertz CT molecular complexity index is 1570. The number of ketones is 1. The number of carbonyl (C=O) groups is 2. The zero-order valence-corrected chi connectivity index (χ0v) is 23.4. The first kappa shape index (κ1) is 25.9. The van der Waals surface area contributed by atoms with Crippen LogP contribution in [0.3, 0.4) is 0 Å². The number of fused-ring (bicyclic) bond motifs is 2. The van der Waals surface area contributed by atoms with Gasteiger partial charge in [0.25, 0.3) is 5.69 Å². The lowest BCUT2D eigenvalue weighted by molar-refractivity contribution is -0.384. The average Bonchev–Trinajstić information content (AvgIpc) is 3.18. The van der Waals surface area contributed by atoms with Crippen LogP contribution in [0.15, 0.2) is 86.5 Å². The number of dihydropyridines is 1. The van der Waals surface area contributed by atoms with Crippen molar-refractivity contribution in [3.05, 3.63) is 119 Å². The van der Waals surface area contributed by atoms with E-state index in [1.165, 1.54) is 19.2 Å². The number of nitrogens with zero attached hydrogens (tertiary/aromatic N) is 1. The minimum absolute atomic E-state index is 0.0192. The summed E-state index contributed by atoms with van der Waals surface area (Å²) in [5.41, 5.74) is 4.76. The van der Waals surface area contributed by atoms with Crippen molar-refractivity contribution < 1.29 is 24.0 Å². The molecule has 1 heterocycles. The second-order valence-corrected chi connectivity index (χ2v) is 10.5. The number of carbonyl (C=O) groups excluding carboxylic acids is 2. The van der Waals surface area contributed by atoms with Gasteiger partial charge in [0.1, 0.15) is 12.4 Å². The molecule has 38 heavy (non-hydrogen) atoms. The molecule has 0 saturated heterocycles. The zero-order valence-electron chi connectivity index (χ0n) is 20.2. The molecule has 10 heteroatoms. The standard InChI is InChI=1S/C28H20Br2N2O6/c1-14-22(28(34)37-2)23(24-25(31-14)18-8-3-4-9-19(18)26(24)33)16-11-20(29)27(21(30)12-16)38-13-15-6-5-7-17(10-15)32(35)36/h3-12,23,31H,13H2,1-2H3/t23-/m1/s1. The van der Waals surface area contributed by atoms with Crippen LogP contribution in [-0.4, -0.2) is 23.8 Å². The third-order valence-electron chi connectivity index (χ3n) is 6.51. The molecule has 192 valence electrons. The molecule has 0 bridgehead atoms. The van der Waals surface area contributed by atoms with Gasteiger partial charge in [-0.3, -0.25) is 14.9 Å². The van der Waals surface area contributed by atoms with E-state index in [9.17, 15) is 19.7 Å². The molecule has 1 aliphatic heterocycles. The van der Waals surface area contributed by atoms with Crippen molar-refractivity contribution >= 4 is 55.0 Å². The quantitative estimate of drug-likeness (QED) is 0.188. The summed E-state index contributed by atoms with van der Waals surface area (Å²) in [6.07, 6.45) is 0. The fourth-order valence-corrected chi connectivity index (χ4v) is 6.29. The van der Waals surface area contributed by atoms with E-state index in [2.05, 4.69) is 37.2 Å². The van der Waals surface area contributed by atoms with E-state index in [0.717, 1.165) is 5.56 Å². The zero-order chi connectivity index (χ0) is 27.1. The molecule has 1 aliphatic carbocycles. The smallest absolute Gasteiger partial charge is 0.336 e. The number of nitro benzene ring substituents is 1. The van der Waals surface area contributed by atoms with Crippen LogP contribution >= 0.6 is 31.9 Å². The Kier molecular flexibility index (Phi) is 6.93. The highest BCUT2D eigenvalue weighted by Gasteiger charge is 2.43. The van der Waals surface area contributed by atoms with Crippen molar-refractivity contribution in [2.24, 2.45) is 0 Å². The Balaban J connectivity index is 1.55. The van der Waals surface area contributed by atoms with Gasteiger partial charge in [0.05, 0.1) is 32.2 Å². The first-order valence-corrected chi connectivity index (χ1v) is 13.1. The maximum absolute atomic E-state index is 13.6. The van der Waals surface area contributed by atoms with Crippen molar-refractivity contribution in [3.8, 4) is 5.75 Å². The maximum atomic E-state index is 13.6. The van der Waals surface area contributed by atoms with Crippen molar-refractivity contribution in [2.45, 2.75) is 19.4 Å².